The molecule has 0 bridgehead atoms. The van der Waals surface area contributed by atoms with Gasteiger partial charge in [0.15, 0.2) is 0 Å². The van der Waals surface area contributed by atoms with Crippen molar-refractivity contribution in [3.8, 4) is 0 Å². The average Bonchev–Trinajstić information content (AvgIpc) is 2.33. The van der Waals surface area contributed by atoms with Crippen LogP contribution in [0.3, 0.4) is 0 Å². The first-order valence-corrected chi connectivity index (χ1v) is 6.47. The molecule has 0 aliphatic heterocycles. The second-order valence-electron chi connectivity index (χ2n) is 5.72. The van der Waals surface area contributed by atoms with E-state index in [9.17, 15) is 0 Å². The molecule has 0 heterocycles. The number of hydrogen-bond acceptors (Lipinski definition) is 2. The number of ether oxygens (including phenoxy) is 1. The first-order chi connectivity index (χ1) is 8.38. The third kappa shape index (κ3) is 5.99. The Bertz CT molecular complexity index is 364. The largest absolute Gasteiger partial charge is 0.369 e. The summed E-state index contributed by atoms with van der Waals surface area (Å²) in [6, 6.07) is 10.3. The SMILES string of the molecule is C=C(CNC(C)(C)C)COC(C)c1ccccc1. The van der Waals surface area contributed by atoms with E-state index in [4.69, 9.17) is 4.74 Å². The van der Waals surface area contributed by atoms with E-state index in [1.54, 1.807) is 0 Å². The number of hydrogen-bond donors (Lipinski definition) is 1. The Labute approximate surface area is 111 Å². The van der Waals surface area contributed by atoms with E-state index in [1.165, 1.54) is 5.56 Å². The minimum absolute atomic E-state index is 0.109. The molecule has 1 atom stereocenters. The highest BCUT2D eigenvalue weighted by atomic mass is 16.5. The Hall–Kier alpha value is -1.12. The molecule has 1 aromatic carbocycles. The van der Waals surface area contributed by atoms with E-state index in [-0.39, 0.29) is 11.6 Å². The highest BCUT2D eigenvalue weighted by Crippen LogP contribution is 2.16. The maximum atomic E-state index is 5.82. The van der Waals surface area contributed by atoms with Gasteiger partial charge in [0, 0.05) is 12.1 Å². The maximum absolute atomic E-state index is 5.82. The molecule has 0 aliphatic rings. The zero-order valence-electron chi connectivity index (χ0n) is 12.0. The van der Waals surface area contributed by atoms with Crippen LogP contribution in [0.4, 0.5) is 0 Å². The molecule has 1 unspecified atom stereocenters. The molecular formula is C16H25NO. The van der Waals surface area contributed by atoms with Crippen LogP contribution in [0.15, 0.2) is 42.5 Å². The molecule has 1 rings (SSSR count). The van der Waals surface area contributed by atoms with Crippen LogP contribution >= 0.6 is 0 Å². The molecule has 2 heteroatoms. The monoisotopic (exact) mass is 247 g/mol. The summed E-state index contributed by atoms with van der Waals surface area (Å²) in [6.07, 6.45) is 0.109. The minimum Gasteiger partial charge on any atom is -0.369 e. The summed E-state index contributed by atoms with van der Waals surface area (Å²) in [5, 5.41) is 3.41. The zero-order valence-corrected chi connectivity index (χ0v) is 12.0. The maximum Gasteiger partial charge on any atom is 0.0801 e. The Morgan fingerprint density at radius 1 is 1.28 bits per heavy atom. The van der Waals surface area contributed by atoms with Crippen molar-refractivity contribution < 1.29 is 4.74 Å². The smallest absolute Gasteiger partial charge is 0.0801 e. The van der Waals surface area contributed by atoms with Crippen molar-refractivity contribution in [2.75, 3.05) is 13.2 Å². The molecule has 18 heavy (non-hydrogen) atoms. The lowest BCUT2D eigenvalue weighted by atomic mass is 10.1. The van der Waals surface area contributed by atoms with Gasteiger partial charge >= 0.3 is 0 Å². The molecule has 0 saturated carbocycles. The van der Waals surface area contributed by atoms with Gasteiger partial charge in [-0.05, 0) is 38.8 Å². The van der Waals surface area contributed by atoms with Crippen LogP contribution in [0.25, 0.3) is 0 Å². The van der Waals surface area contributed by atoms with E-state index in [1.807, 2.05) is 18.2 Å². The summed E-state index contributed by atoms with van der Waals surface area (Å²) in [6.45, 7) is 13.9. The summed E-state index contributed by atoms with van der Waals surface area (Å²) >= 11 is 0. The van der Waals surface area contributed by atoms with Crippen molar-refractivity contribution in [3.05, 3.63) is 48.0 Å². The summed E-state index contributed by atoms with van der Waals surface area (Å²) in [5.41, 5.74) is 2.40. The predicted octanol–water partition coefficient (Wildman–Crippen LogP) is 3.71. The van der Waals surface area contributed by atoms with Gasteiger partial charge in [-0.15, -0.1) is 0 Å². The average molecular weight is 247 g/mol. The zero-order chi connectivity index (χ0) is 13.6. The highest BCUT2D eigenvalue weighted by Gasteiger charge is 2.10. The van der Waals surface area contributed by atoms with Gasteiger partial charge in [0.05, 0.1) is 12.7 Å². The standard InChI is InChI=1S/C16H25NO/c1-13(11-17-16(3,4)5)12-18-14(2)15-9-7-6-8-10-15/h6-10,14,17H,1,11-12H2,2-5H3. The Morgan fingerprint density at radius 3 is 2.44 bits per heavy atom. The van der Waals surface area contributed by atoms with Crippen LogP contribution in [0.2, 0.25) is 0 Å². The fourth-order valence-electron chi connectivity index (χ4n) is 1.50. The van der Waals surface area contributed by atoms with Crippen molar-refractivity contribution in [1.82, 2.24) is 5.32 Å². The summed E-state index contributed by atoms with van der Waals surface area (Å²) in [7, 11) is 0. The highest BCUT2D eigenvalue weighted by molar-refractivity contribution is 5.17. The van der Waals surface area contributed by atoms with Crippen LogP contribution in [-0.4, -0.2) is 18.7 Å². The van der Waals surface area contributed by atoms with Crippen molar-refractivity contribution in [2.24, 2.45) is 0 Å². The quantitative estimate of drug-likeness (QED) is 0.774. The Balaban J connectivity index is 2.31. The number of rotatable bonds is 6. The molecule has 0 saturated heterocycles. The lowest BCUT2D eigenvalue weighted by molar-refractivity contribution is 0.0824. The van der Waals surface area contributed by atoms with Crippen molar-refractivity contribution >= 4 is 0 Å². The van der Waals surface area contributed by atoms with Crippen molar-refractivity contribution in [2.45, 2.75) is 39.3 Å². The van der Waals surface area contributed by atoms with E-state index in [0.717, 1.165) is 12.1 Å². The van der Waals surface area contributed by atoms with Crippen LogP contribution in [0.1, 0.15) is 39.4 Å². The van der Waals surface area contributed by atoms with Gasteiger partial charge in [0.25, 0.3) is 0 Å². The third-order valence-corrected chi connectivity index (χ3v) is 2.68. The first kappa shape index (κ1) is 14.9. The molecule has 0 aliphatic carbocycles. The minimum atomic E-state index is 0.109. The molecule has 0 aromatic heterocycles. The molecule has 0 amide bonds. The first-order valence-electron chi connectivity index (χ1n) is 6.47. The fraction of sp³-hybridized carbons (Fsp3) is 0.500. The second-order valence-corrected chi connectivity index (χ2v) is 5.72. The molecule has 2 nitrogen and oxygen atoms in total. The fourth-order valence-corrected chi connectivity index (χ4v) is 1.50. The van der Waals surface area contributed by atoms with Crippen LogP contribution in [0, 0.1) is 0 Å². The van der Waals surface area contributed by atoms with Crippen molar-refractivity contribution in [3.63, 3.8) is 0 Å². The van der Waals surface area contributed by atoms with Crippen LogP contribution in [0.5, 0.6) is 0 Å². The third-order valence-electron chi connectivity index (χ3n) is 2.68. The predicted molar refractivity (Wildman–Crippen MR) is 77.7 cm³/mol. The molecular weight excluding hydrogens is 222 g/mol. The summed E-state index contributed by atoms with van der Waals surface area (Å²) in [4.78, 5) is 0. The topological polar surface area (TPSA) is 21.3 Å². The summed E-state index contributed by atoms with van der Waals surface area (Å²) < 4.78 is 5.82. The lowest BCUT2D eigenvalue weighted by Gasteiger charge is -2.22. The van der Waals surface area contributed by atoms with E-state index >= 15 is 0 Å². The second kappa shape index (κ2) is 6.72. The Kier molecular flexibility index (Phi) is 5.57. The number of nitrogens with one attached hydrogen (secondary N) is 1. The van der Waals surface area contributed by atoms with Gasteiger partial charge in [0.2, 0.25) is 0 Å². The molecule has 0 spiro atoms. The molecule has 1 N–H and O–H groups in total. The van der Waals surface area contributed by atoms with Gasteiger partial charge in [0.1, 0.15) is 0 Å². The van der Waals surface area contributed by atoms with Crippen LogP contribution in [-0.2, 0) is 4.74 Å². The van der Waals surface area contributed by atoms with Gasteiger partial charge in [-0.25, -0.2) is 0 Å². The molecule has 100 valence electrons. The Morgan fingerprint density at radius 2 is 1.89 bits per heavy atom. The normalized spacial score (nSPS) is 13.3. The molecule has 0 radical (unpaired) electrons. The van der Waals surface area contributed by atoms with Crippen LogP contribution < -0.4 is 5.32 Å². The number of benzene rings is 1. The lowest BCUT2D eigenvalue weighted by Crippen LogP contribution is -2.37. The van der Waals surface area contributed by atoms with Gasteiger partial charge in [-0.2, -0.15) is 0 Å². The molecule has 0 fully saturated rings. The van der Waals surface area contributed by atoms with Crippen molar-refractivity contribution in [1.29, 1.82) is 0 Å². The van der Waals surface area contributed by atoms with Gasteiger partial charge < -0.3 is 10.1 Å². The van der Waals surface area contributed by atoms with E-state index < -0.39 is 0 Å². The van der Waals surface area contributed by atoms with E-state index in [0.29, 0.717) is 6.61 Å². The van der Waals surface area contributed by atoms with Gasteiger partial charge in [-0.1, -0.05) is 36.9 Å². The van der Waals surface area contributed by atoms with Gasteiger partial charge in [-0.3, -0.25) is 0 Å². The molecule has 1 aromatic rings. The van der Waals surface area contributed by atoms with E-state index in [2.05, 4.69) is 51.7 Å². The summed E-state index contributed by atoms with van der Waals surface area (Å²) in [5.74, 6) is 0.